The van der Waals surface area contributed by atoms with Crippen LogP contribution >= 0.6 is 0 Å². The molecule has 0 radical (unpaired) electrons. The largest absolute Gasteiger partial charge is 0.344 e. The molecule has 0 spiro atoms. The SMILES string of the molecule is CCN(C)C(=O)C1(C)CCCN1. The summed E-state index contributed by atoms with van der Waals surface area (Å²) in [6.45, 7) is 5.75. The molecule has 1 fully saturated rings. The second-order valence-corrected chi connectivity index (χ2v) is 3.68. The van der Waals surface area contributed by atoms with Gasteiger partial charge in [0.2, 0.25) is 5.91 Å². The van der Waals surface area contributed by atoms with Crippen LogP contribution in [0.25, 0.3) is 0 Å². The second-order valence-electron chi connectivity index (χ2n) is 3.68. The van der Waals surface area contributed by atoms with Crippen LogP contribution in [-0.2, 0) is 4.79 Å². The lowest BCUT2D eigenvalue weighted by Gasteiger charge is -2.28. The van der Waals surface area contributed by atoms with Gasteiger partial charge in [-0.05, 0) is 33.2 Å². The normalized spacial score (nSPS) is 28.9. The van der Waals surface area contributed by atoms with E-state index >= 15 is 0 Å². The maximum atomic E-state index is 11.8. The van der Waals surface area contributed by atoms with Gasteiger partial charge < -0.3 is 10.2 Å². The molecule has 0 saturated carbocycles. The van der Waals surface area contributed by atoms with E-state index in [1.54, 1.807) is 4.90 Å². The molecule has 1 amide bonds. The number of amides is 1. The van der Waals surface area contributed by atoms with Gasteiger partial charge in [0.1, 0.15) is 0 Å². The Kier molecular flexibility index (Phi) is 2.73. The van der Waals surface area contributed by atoms with Crippen molar-refractivity contribution in [1.29, 1.82) is 0 Å². The van der Waals surface area contributed by atoms with Crippen molar-refractivity contribution in [3.8, 4) is 0 Å². The number of carbonyl (C=O) groups is 1. The summed E-state index contributed by atoms with van der Waals surface area (Å²) in [5.74, 6) is 0.225. The Morgan fingerprint density at radius 3 is 2.75 bits per heavy atom. The van der Waals surface area contributed by atoms with Gasteiger partial charge in [-0.15, -0.1) is 0 Å². The number of nitrogens with one attached hydrogen (secondary N) is 1. The summed E-state index contributed by atoms with van der Waals surface area (Å²) >= 11 is 0. The van der Waals surface area contributed by atoms with E-state index in [9.17, 15) is 4.79 Å². The first-order valence-corrected chi connectivity index (χ1v) is 4.61. The minimum atomic E-state index is -0.287. The predicted octanol–water partition coefficient (Wildman–Crippen LogP) is 0.607. The van der Waals surface area contributed by atoms with Gasteiger partial charge in [-0.1, -0.05) is 0 Å². The predicted molar refractivity (Wildman–Crippen MR) is 49.0 cm³/mol. The number of carbonyl (C=O) groups excluding carboxylic acids is 1. The van der Waals surface area contributed by atoms with Crippen LogP contribution in [0.15, 0.2) is 0 Å². The first-order chi connectivity index (χ1) is 5.60. The molecule has 1 aliphatic heterocycles. The van der Waals surface area contributed by atoms with E-state index in [2.05, 4.69) is 5.32 Å². The number of likely N-dealkylation sites (N-methyl/N-ethyl adjacent to an activating group) is 1. The molecule has 0 aromatic heterocycles. The first-order valence-electron chi connectivity index (χ1n) is 4.61. The van der Waals surface area contributed by atoms with Crippen LogP contribution in [0.4, 0.5) is 0 Å². The molecule has 1 unspecified atom stereocenters. The van der Waals surface area contributed by atoms with Crippen LogP contribution in [0.5, 0.6) is 0 Å². The lowest BCUT2D eigenvalue weighted by molar-refractivity contribution is -0.135. The van der Waals surface area contributed by atoms with Crippen LogP contribution in [0.2, 0.25) is 0 Å². The third-order valence-corrected chi connectivity index (χ3v) is 2.66. The third kappa shape index (κ3) is 1.61. The van der Waals surface area contributed by atoms with E-state index in [0.29, 0.717) is 0 Å². The number of rotatable bonds is 2. The summed E-state index contributed by atoms with van der Waals surface area (Å²) in [6.07, 6.45) is 2.08. The molecule has 12 heavy (non-hydrogen) atoms. The van der Waals surface area contributed by atoms with E-state index in [-0.39, 0.29) is 11.4 Å². The highest BCUT2D eigenvalue weighted by molar-refractivity contribution is 5.86. The molecule has 3 heteroatoms. The van der Waals surface area contributed by atoms with Crippen molar-refractivity contribution in [2.75, 3.05) is 20.1 Å². The Bertz CT molecular complexity index is 173. The lowest BCUT2D eigenvalue weighted by atomic mass is 9.99. The van der Waals surface area contributed by atoms with Crippen molar-refractivity contribution in [3.05, 3.63) is 0 Å². The highest BCUT2D eigenvalue weighted by Gasteiger charge is 2.37. The number of hydrogen-bond acceptors (Lipinski definition) is 2. The van der Waals surface area contributed by atoms with E-state index in [0.717, 1.165) is 25.9 Å². The van der Waals surface area contributed by atoms with Gasteiger partial charge in [0, 0.05) is 13.6 Å². The Morgan fingerprint density at radius 2 is 2.33 bits per heavy atom. The molecule has 1 aliphatic rings. The zero-order valence-corrected chi connectivity index (χ0v) is 8.18. The van der Waals surface area contributed by atoms with Crippen molar-refractivity contribution >= 4 is 5.91 Å². The number of hydrogen-bond donors (Lipinski definition) is 1. The molecular weight excluding hydrogens is 152 g/mol. The van der Waals surface area contributed by atoms with Gasteiger partial charge in [-0.2, -0.15) is 0 Å². The van der Waals surface area contributed by atoms with Gasteiger partial charge in [0.05, 0.1) is 5.54 Å². The molecule has 70 valence electrons. The highest BCUT2D eigenvalue weighted by atomic mass is 16.2. The molecule has 1 saturated heterocycles. The van der Waals surface area contributed by atoms with Crippen molar-refractivity contribution in [2.24, 2.45) is 0 Å². The van der Waals surface area contributed by atoms with Crippen molar-refractivity contribution in [1.82, 2.24) is 10.2 Å². The second kappa shape index (κ2) is 3.44. The van der Waals surface area contributed by atoms with Gasteiger partial charge in [0.15, 0.2) is 0 Å². The van der Waals surface area contributed by atoms with E-state index in [1.165, 1.54) is 0 Å². The number of nitrogens with zero attached hydrogens (tertiary/aromatic N) is 1. The minimum absolute atomic E-state index is 0.225. The van der Waals surface area contributed by atoms with Gasteiger partial charge in [-0.3, -0.25) is 4.79 Å². The molecule has 0 aromatic rings. The fraction of sp³-hybridized carbons (Fsp3) is 0.889. The maximum Gasteiger partial charge on any atom is 0.242 e. The molecular formula is C9H18N2O. The quantitative estimate of drug-likeness (QED) is 0.658. The molecule has 0 bridgehead atoms. The lowest BCUT2D eigenvalue weighted by Crippen LogP contribution is -2.51. The monoisotopic (exact) mass is 170 g/mol. The van der Waals surface area contributed by atoms with Crippen molar-refractivity contribution in [3.63, 3.8) is 0 Å². The van der Waals surface area contributed by atoms with Gasteiger partial charge in [-0.25, -0.2) is 0 Å². The summed E-state index contributed by atoms with van der Waals surface area (Å²) in [4.78, 5) is 13.5. The molecule has 0 aliphatic carbocycles. The van der Waals surface area contributed by atoms with Crippen LogP contribution in [-0.4, -0.2) is 36.5 Å². The molecule has 1 N–H and O–H groups in total. The molecule has 0 aromatic carbocycles. The summed E-state index contributed by atoms with van der Waals surface area (Å²) in [7, 11) is 1.85. The smallest absolute Gasteiger partial charge is 0.242 e. The fourth-order valence-corrected chi connectivity index (χ4v) is 1.64. The van der Waals surface area contributed by atoms with Crippen LogP contribution in [0.3, 0.4) is 0 Å². The maximum absolute atomic E-state index is 11.8. The highest BCUT2D eigenvalue weighted by Crippen LogP contribution is 2.20. The molecule has 3 nitrogen and oxygen atoms in total. The van der Waals surface area contributed by atoms with E-state index in [4.69, 9.17) is 0 Å². The van der Waals surface area contributed by atoms with Crippen molar-refractivity contribution < 1.29 is 4.79 Å². The van der Waals surface area contributed by atoms with E-state index in [1.807, 2.05) is 20.9 Å². The summed E-state index contributed by atoms with van der Waals surface area (Å²) in [6, 6.07) is 0. The molecule has 1 rings (SSSR count). The Balaban J connectivity index is 2.61. The zero-order chi connectivity index (χ0) is 9.19. The van der Waals surface area contributed by atoms with Crippen LogP contribution < -0.4 is 5.32 Å². The van der Waals surface area contributed by atoms with Crippen molar-refractivity contribution in [2.45, 2.75) is 32.2 Å². The Morgan fingerprint density at radius 1 is 1.67 bits per heavy atom. The van der Waals surface area contributed by atoms with Gasteiger partial charge >= 0.3 is 0 Å². The van der Waals surface area contributed by atoms with Crippen LogP contribution in [0.1, 0.15) is 26.7 Å². The average Bonchev–Trinajstić information content (AvgIpc) is 2.50. The fourth-order valence-electron chi connectivity index (χ4n) is 1.64. The topological polar surface area (TPSA) is 32.3 Å². The third-order valence-electron chi connectivity index (χ3n) is 2.66. The standard InChI is InChI=1S/C9H18N2O/c1-4-11(3)8(12)9(2)6-5-7-10-9/h10H,4-7H2,1-3H3. The molecule has 1 atom stereocenters. The zero-order valence-electron chi connectivity index (χ0n) is 8.18. The summed E-state index contributed by atoms with van der Waals surface area (Å²) < 4.78 is 0. The average molecular weight is 170 g/mol. The minimum Gasteiger partial charge on any atom is -0.344 e. The summed E-state index contributed by atoms with van der Waals surface area (Å²) in [5.41, 5.74) is -0.287. The Labute approximate surface area is 74.1 Å². The van der Waals surface area contributed by atoms with Gasteiger partial charge in [0.25, 0.3) is 0 Å². The molecule has 1 heterocycles. The Hall–Kier alpha value is -0.570. The van der Waals surface area contributed by atoms with E-state index < -0.39 is 0 Å². The first kappa shape index (κ1) is 9.52. The van der Waals surface area contributed by atoms with Crippen LogP contribution in [0, 0.1) is 0 Å². The summed E-state index contributed by atoms with van der Waals surface area (Å²) in [5, 5.41) is 3.26.